The van der Waals surface area contributed by atoms with Crippen LogP contribution in [0, 0.1) is 29.1 Å². The first kappa shape index (κ1) is 72.7. The van der Waals surface area contributed by atoms with E-state index < -0.39 is 84.0 Å². The van der Waals surface area contributed by atoms with Crippen molar-refractivity contribution < 1.29 is 110 Å². The predicted octanol–water partition coefficient (Wildman–Crippen LogP) is 2.57. The van der Waals surface area contributed by atoms with E-state index in [-0.39, 0.29) is 62.6 Å². The molecule has 0 saturated carbocycles. The zero-order valence-corrected chi connectivity index (χ0v) is 43.2. The van der Waals surface area contributed by atoms with Crippen LogP contribution >= 0.6 is 11.6 Å². The summed E-state index contributed by atoms with van der Waals surface area (Å²) in [5.41, 5.74) is 6.51. The first-order valence-electron chi connectivity index (χ1n) is 23.5. The van der Waals surface area contributed by atoms with Crippen LogP contribution in [0.1, 0.15) is 70.3 Å². The summed E-state index contributed by atoms with van der Waals surface area (Å²) < 4.78 is 92.0. The van der Waals surface area contributed by atoms with Crippen molar-refractivity contribution in [1.82, 2.24) is 15.4 Å². The lowest BCUT2D eigenvalue weighted by atomic mass is 9.99. The molecule has 76 heavy (non-hydrogen) atoms. The monoisotopic (exact) mass is 1130 g/mol. The number of aliphatic carboxylic acids is 2. The second kappa shape index (κ2) is 45.8. The van der Waals surface area contributed by atoms with E-state index in [9.17, 15) is 61.3 Å². The molecule has 0 aliphatic carbocycles. The van der Waals surface area contributed by atoms with E-state index in [0.29, 0.717) is 63.5 Å². The molecule has 2 aromatic carbocycles. The summed E-state index contributed by atoms with van der Waals surface area (Å²) in [4.78, 5) is 53.9. The number of carbonyl (C=O) groups excluding carboxylic acids is 3. The highest BCUT2D eigenvalue weighted by Gasteiger charge is 2.28. The van der Waals surface area contributed by atoms with E-state index in [1.165, 1.54) is 11.2 Å². The van der Waals surface area contributed by atoms with Crippen LogP contribution < -0.4 is 21.6 Å². The largest absolute Gasteiger partial charge is 0.481 e. The van der Waals surface area contributed by atoms with Crippen LogP contribution in [0.2, 0.25) is 5.02 Å². The highest BCUT2D eigenvalue weighted by atomic mass is 35.5. The van der Waals surface area contributed by atoms with Crippen molar-refractivity contribution in [1.29, 1.82) is 0 Å². The number of methoxy groups -OCH3 is 1. The van der Waals surface area contributed by atoms with Gasteiger partial charge in [0.25, 0.3) is 12.4 Å². The molecule has 0 heterocycles. The zero-order chi connectivity index (χ0) is 57.8. The van der Waals surface area contributed by atoms with E-state index >= 15 is 0 Å². The SMILES string of the molecule is CCCOCCOCCOCCOCCN(N)/C=C(\N)CO.COCCCCCC(=O)O.O=C(Cc1ccc(Cl)cc1)NCCC(O)CC(CCC(O)C(=O)O)N(O)C(=O)CO.O=COc1c(F)c(F)c(F)c(F)c1F. The summed E-state index contributed by atoms with van der Waals surface area (Å²) in [6, 6.07) is 5.77. The number of rotatable bonds is 37. The van der Waals surface area contributed by atoms with Crippen LogP contribution in [0.4, 0.5) is 22.0 Å². The van der Waals surface area contributed by atoms with Crippen molar-refractivity contribution in [3.05, 3.63) is 75.8 Å². The number of unbranched alkanes of at least 4 members (excludes halogenated alkanes) is 2. The fourth-order valence-corrected chi connectivity index (χ4v) is 5.71. The molecule has 0 aromatic heterocycles. The molecule has 0 saturated heterocycles. The Hall–Kier alpha value is -5.37. The molecule has 3 unspecified atom stereocenters. The van der Waals surface area contributed by atoms with E-state index in [1.54, 1.807) is 31.4 Å². The van der Waals surface area contributed by atoms with Gasteiger partial charge in [-0.3, -0.25) is 24.4 Å². The molecule has 436 valence electrons. The van der Waals surface area contributed by atoms with Gasteiger partial charge in [-0.25, -0.2) is 28.9 Å². The van der Waals surface area contributed by atoms with Gasteiger partial charge in [-0.1, -0.05) is 37.1 Å². The Balaban J connectivity index is 0. The molecule has 2 rings (SSSR count). The Labute approximate surface area is 441 Å². The number of hydrogen-bond acceptors (Lipinski definition) is 19. The number of carbonyl (C=O) groups is 5. The lowest BCUT2D eigenvalue weighted by Crippen LogP contribution is -2.42. The number of halogens is 6. The summed E-state index contributed by atoms with van der Waals surface area (Å²) in [5, 5.41) is 68.8. The first-order valence-corrected chi connectivity index (χ1v) is 23.9. The fourth-order valence-electron chi connectivity index (χ4n) is 5.58. The number of aliphatic hydroxyl groups is 4. The topological polar surface area (TPSA) is 353 Å². The molecular weight excluding hydrogens is 1050 g/mol. The average Bonchev–Trinajstić information content (AvgIpc) is 3.39. The lowest BCUT2D eigenvalue weighted by molar-refractivity contribution is -0.182. The van der Waals surface area contributed by atoms with E-state index in [1.807, 2.05) is 0 Å². The minimum atomic E-state index is -2.31. The Kier molecular flexibility index (Phi) is 43.8. The quantitative estimate of drug-likeness (QED) is 0.00679. The maximum absolute atomic E-state index is 12.6. The normalized spacial score (nSPS) is 12.1. The van der Waals surface area contributed by atoms with Gasteiger partial charge in [-0.05, 0) is 62.6 Å². The van der Waals surface area contributed by atoms with Crippen LogP contribution in [0.25, 0.3) is 0 Å². The number of aliphatic hydroxyl groups excluding tert-OH is 4. The molecule has 0 spiro atoms. The number of carboxylic acid groups (broad SMARTS) is 2. The number of amides is 2. The number of hydroxylamine groups is 2. The molecule has 29 heteroatoms. The van der Waals surface area contributed by atoms with Crippen LogP contribution in [-0.4, -0.2) is 187 Å². The van der Waals surface area contributed by atoms with Crippen molar-refractivity contribution in [3.8, 4) is 5.75 Å². The Morgan fingerprint density at radius 1 is 0.763 bits per heavy atom. The van der Waals surface area contributed by atoms with Gasteiger partial charge in [-0.2, -0.15) is 8.78 Å². The summed E-state index contributed by atoms with van der Waals surface area (Å²) in [7, 11) is 1.65. The molecule has 0 fully saturated rings. The van der Waals surface area contributed by atoms with Crippen LogP contribution in [0.5, 0.6) is 5.75 Å². The smallest absolute Gasteiger partial charge is 0.332 e. The number of nitrogens with zero attached hydrogens (tertiary/aromatic N) is 2. The second-order valence-electron chi connectivity index (χ2n) is 15.7. The van der Waals surface area contributed by atoms with E-state index in [2.05, 4.69) is 17.0 Å². The summed E-state index contributed by atoms with van der Waals surface area (Å²) >= 11 is 5.79. The van der Waals surface area contributed by atoms with Gasteiger partial charge in [0.15, 0.2) is 6.10 Å². The molecular formula is C47H73ClF5N5O18. The van der Waals surface area contributed by atoms with E-state index in [0.717, 1.165) is 44.5 Å². The maximum Gasteiger partial charge on any atom is 0.332 e. The molecule has 0 aliphatic rings. The standard InChI is InChI=1S/C19H27ClN2O8.C14H31N3O5.C7HF5O2.C7H14O3/c20-13-3-1-12(2-4-13)9-17(26)21-8-7-15(24)10-14(22(30)18(27)11-23)5-6-16(25)19(28)29;1-2-4-19-6-8-21-10-11-22-9-7-20-5-3-17(16)12-14(15)13-18;8-2-3(9)5(11)7(14-1-13)6(12)4(2)10;1-10-6-4-2-3-5-7(8)9/h1-4,14-16,23-25,30H,5-11H2,(H,21,26)(H,28,29);12,18H,2-11,13,15-16H2,1H3;1H;2-6H2,1H3,(H,8,9)/b;14-12-;;. The zero-order valence-electron chi connectivity index (χ0n) is 42.4. The average molecular weight is 1130 g/mol. The van der Waals surface area contributed by atoms with Crippen LogP contribution in [0.15, 0.2) is 36.2 Å². The molecule has 3 atom stereocenters. The van der Waals surface area contributed by atoms with Gasteiger partial charge >= 0.3 is 11.9 Å². The molecule has 2 aromatic rings. The number of nitrogens with two attached hydrogens (primary N) is 2. The fraction of sp³-hybridized carbons (Fsp3) is 0.596. The van der Waals surface area contributed by atoms with Crippen molar-refractivity contribution in [3.63, 3.8) is 0 Å². The van der Waals surface area contributed by atoms with Gasteiger partial charge in [-0.15, -0.1) is 0 Å². The van der Waals surface area contributed by atoms with Crippen molar-refractivity contribution >= 4 is 41.8 Å². The van der Waals surface area contributed by atoms with Crippen LogP contribution in [0.3, 0.4) is 0 Å². The molecule has 0 aliphatic heterocycles. The van der Waals surface area contributed by atoms with Crippen LogP contribution in [-0.2, 0) is 54.1 Å². The van der Waals surface area contributed by atoms with E-state index in [4.69, 9.17) is 67.3 Å². The van der Waals surface area contributed by atoms with Gasteiger partial charge < -0.3 is 75.1 Å². The van der Waals surface area contributed by atoms with Gasteiger partial charge in [0.2, 0.25) is 40.7 Å². The number of benzene rings is 2. The third kappa shape index (κ3) is 36.6. The number of ether oxygens (including phenoxy) is 6. The highest BCUT2D eigenvalue weighted by Crippen LogP contribution is 2.28. The maximum atomic E-state index is 12.6. The number of carboxylic acids is 2. The molecule has 2 amide bonds. The molecule has 0 radical (unpaired) electrons. The number of hydrogen-bond donors (Lipinski definition) is 10. The third-order valence-corrected chi connectivity index (χ3v) is 9.72. The highest BCUT2D eigenvalue weighted by molar-refractivity contribution is 6.30. The number of nitrogens with one attached hydrogen (secondary N) is 1. The van der Waals surface area contributed by atoms with Gasteiger partial charge in [0.05, 0.1) is 83.7 Å². The first-order chi connectivity index (χ1) is 36.1. The minimum Gasteiger partial charge on any atom is -0.481 e. The van der Waals surface area contributed by atoms with Crippen molar-refractivity contribution in [2.75, 3.05) is 92.9 Å². The Bertz CT molecular complexity index is 1930. The Morgan fingerprint density at radius 2 is 1.30 bits per heavy atom. The second-order valence-corrected chi connectivity index (χ2v) is 16.1. The molecule has 0 bridgehead atoms. The summed E-state index contributed by atoms with van der Waals surface area (Å²) in [6.07, 6.45) is 2.47. The Morgan fingerprint density at radius 3 is 1.79 bits per heavy atom. The summed E-state index contributed by atoms with van der Waals surface area (Å²) in [6.45, 7) is 6.36. The lowest BCUT2D eigenvalue weighted by Gasteiger charge is -2.28. The van der Waals surface area contributed by atoms with Gasteiger partial charge in [0.1, 0.15) is 6.61 Å². The molecule has 12 N–H and O–H groups in total. The third-order valence-electron chi connectivity index (χ3n) is 9.46. The number of hydrazine groups is 1. The molecule has 23 nitrogen and oxygen atoms in total. The van der Waals surface area contributed by atoms with Gasteiger partial charge in [0, 0.05) is 44.5 Å². The van der Waals surface area contributed by atoms with Crippen molar-refractivity contribution in [2.24, 2.45) is 11.6 Å². The predicted molar refractivity (Wildman–Crippen MR) is 261 cm³/mol. The minimum absolute atomic E-state index is 0.115. The summed E-state index contributed by atoms with van der Waals surface area (Å²) in [5.74, 6) is -10.4. The van der Waals surface area contributed by atoms with Crippen molar-refractivity contribution in [2.45, 2.75) is 89.4 Å².